The fraction of sp³-hybridized carbons (Fsp3) is 0.622. The van der Waals surface area contributed by atoms with Crippen molar-refractivity contribution >= 4 is 53.0 Å². The highest BCUT2D eigenvalue weighted by Gasteiger charge is 2.43. The second-order valence-corrected chi connectivity index (χ2v) is 15.7. The summed E-state index contributed by atoms with van der Waals surface area (Å²) in [6.45, 7) is 11.5. The number of anilines is 1. The zero-order chi connectivity index (χ0) is 41.2. The number of nitrogens with zero attached hydrogens (tertiary/aromatic N) is 1. The molecule has 2 aliphatic heterocycles. The number of fused-ring (bicyclic) bond motifs is 3. The van der Waals surface area contributed by atoms with Crippen molar-refractivity contribution in [1.82, 2.24) is 36.8 Å². The number of carbonyl (C=O) groups excluding carboxylic acids is 7. The molecular weight excluding hydrogens is 716 g/mol. The van der Waals surface area contributed by atoms with Crippen molar-refractivity contribution in [1.29, 1.82) is 0 Å². The second kappa shape index (κ2) is 19.5. The van der Waals surface area contributed by atoms with Gasteiger partial charge >= 0.3 is 5.97 Å². The normalized spacial score (nSPS) is 26.2. The first-order valence-electron chi connectivity index (χ1n) is 18.5. The Morgan fingerprint density at radius 2 is 1.58 bits per heavy atom. The molecule has 9 N–H and O–H groups in total. The van der Waals surface area contributed by atoms with Crippen LogP contribution in [0.2, 0.25) is 0 Å². The van der Waals surface area contributed by atoms with Crippen LogP contribution in [-0.4, -0.2) is 123 Å². The number of carboxylic acid groups (broad SMARTS) is 1. The summed E-state index contributed by atoms with van der Waals surface area (Å²) in [7, 11) is 0. The van der Waals surface area contributed by atoms with E-state index in [4.69, 9.17) is 0 Å². The maximum Gasteiger partial charge on any atom is 0.305 e. The number of aliphatic carboxylic acids is 1. The molecule has 0 aromatic heterocycles. The van der Waals surface area contributed by atoms with Crippen molar-refractivity contribution in [3.05, 3.63) is 29.8 Å². The molecule has 1 fully saturated rings. The molecule has 18 nitrogen and oxygen atoms in total. The molecule has 2 aliphatic rings. The molecule has 0 radical (unpaired) electrons. The summed E-state index contributed by atoms with van der Waals surface area (Å²) >= 11 is 0. The van der Waals surface area contributed by atoms with Crippen LogP contribution in [-0.2, 0) is 44.8 Å². The number of hydrogen-bond acceptors (Lipinski definition) is 10. The van der Waals surface area contributed by atoms with Gasteiger partial charge in [-0.05, 0) is 84.0 Å². The largest absolute Gasteiger partial charge is 0.481 e. The lowest BCUT2D eigenvalue weighted by Crippen LogP contribution is -2.64. The van der Waals surface area contributed by atoms with E-state index in [0.29, 0.717) is 30.6 Å². The molecule has 1 saturated heterocycles. The third-order valence-corrected chi connectivity index (χ3v) is 9.00. The van der Waals surface area contributed by atoms with Gasteiger partial charge in [0.15, 0.2) is 0 Å². The monoisotopic (exact) mass is 772 g/mol. The lowest BCUT2D eigenvalue weighted by Gasteiger charge is -2.37. The summed E-state index contributed by atoms with van der Waals surface area (Å²) in [6, 6.07) is -0.952. The van der Waals surface area contributed by atoms with E-state index in [1.165, 1.54) is 6.92 Å². The highest BCUT2D eigenvalue weighted by Crippen LogP contribution is 2.25. The summed E-state index contributed by atoms with van der Waals surface area (Å²) in [5.41, 5.74) is 0.228. The van der Waals surface area contributed by atoms with Gasteiger partial charge in [0.25, 0.3) is 0 Å². The molecule has 1 aromatic rings. The summed E-state index contributed by atoms with van der Waals surface area (Å²) in [6.07, 6.45) is -1.56. The average molecular weight is 773 g/mol. The topological polar surface area (TPSA) is 264 Å². The molecule has 7 atom stereocenters. The smallest absolute Gasteiger partial charge is 0.305 e. The van der Waals surface area contributed by atoms with E-state index >= 15 is 0 Å². The molecule has 1 aromatic carbocycles. The van der Waals surface area contributed by atoms with E-state index in [9.17, 15) is 48.6 Å². The van der Waals surface area contributed by atoms with Crippen LogP contribution in [0.1, 0.15) is 79.7 Å². The molecule has 0 unspecified atom stereocenters. The number of hydrogen-bond donors (Lipinski definition) is 9. The van der Waals surface area contributed by atoms with Crippen LogP contribution in [0.5, 0.6) is 0 Å². The van der Waals surface area contributed by atoms with Gasteiger partial charge in [-0.25, -0.2) is 0 Å². The van der Waals surface area contributed by atoms with Crippen LogP contribution < -0.4 is 37.2 Å². The Hall–Kier alpha value is -5.10. The van der Waals surface area contributed by atoms with Crippen molar-refractivity contribution in [3.8, 4) is 0 Å². The van der Waals surface area contributed by atoms with Crippen LogP contribution in [0.3, 0.4) is 0 Å². The molecule has 304 valence electrons. The third kappa shape index (κ3) is 13.6. The molecule has 0 aliphatic carbocycles. The number of aliphatic hydroxyl groups excluding tert-OH is 1. The fourth-order valence-electron chi connectivity index (χ4n) is 6.58. The minimum atomic E-state index is -1.74. The Labute approximate surface area is 320 Å². The quantitative estimate of drug-likeness (QED) is 0.168. The van der Waals surface area contributed by atoms with Gasteiger partial charge in [-0.15, -0.1) is 0 Å². The second-order valence-electron chi connectivity index (χ2n) is 15.7. The number of amides is 7. The van der Waals surface area contributed by atoms with Crippen molar-refractivity contribution in [3.63, 3.8) is 0 Å². The minimum absolute atomic E-state index is 0.0872. The molecule has 18 heteroatoms. The summed E-state index contributed by atoms with van der Waals surface area (Å²) < 4.78 is 0. The van der Waals surface area contributed by atoms with E-state index in [1.807, 2.05) is 0 Å². The maximum atomic E-state index is 13.9. The van der Waals surface area contributed by atoms with Gasteiger partial charge < -0.3 is 47.4 Å². The molecule has 55 heavy (non-hydrogen) atoms. The number of aliphatic hydroxyl groups is 1. The predicted octanol–water partition coefficient (Wildman–Crippen LogP) is -1.09. The Morgan fingerprint density at radius 3 is 2.20 bits per heavy atom. The summed E-state index contributed by atoms with van der Waals surface area (Å²) in [4.78, 5) is 108. The molecule has 7 amide bonds. The SMILES string of the molecule is CC(C)C[C@H]1NC(=O)CNC(=O)Cc2cccc(c2)NC(=O)[C@@H]2CCCN2[C@H](C(=O)NC(C)(C)C)[C@H](C)NC(=O)[C@H]([C@@H](C)O)NC(=O)[C@H](CC(=O)O)NC1=O. The summed E-state index contributed by atoms with van der Waals surface area (Å²) in [5.74, 6) is -6.67. The van der Waals surface area contributed by atoms with Crippen LogP contribution in [0.25, 0.3) is 0 Å². The zero-order valence-corrected chi connectivity index (χ0v) is 32.5. The van der Waals surface area contributed by atoms with Crippen LogP contribution in [0.4, 0.5) is 5.69 Å². The third-order valence-electron chi connectivity index (χ3n) is 9.00. The molecular formula is C37H56N8O10. The summed E-state index contributed by atoms with van der Waals surface area (Å²) in [5, 5.41) is 38.4. The number of carboxylic acids is 1. The Kier molecular flexibility index (Phi) is 15.7. The molecule has 3 rings (SSSR count). The van der Waals surface area contributed by atoms with Crippen molar-refractivity contribution < 1.29 is 48.6 Å². The van der Waals surface area contributed by atoms with Crippen LogP contribution >= 0.6 is 0 Å². The Morgan fingerprint density at radius 1 is 0.909 bits per heavy atom. The van der Waals surface area contributed by atoms with Gasteiger partial charge in [0, 0.05) is 11.2 Å². The first-order valence-corrected chi connectivity index (χ1v) is 18.5. The highest BCUT2D eigenvalue weighted by molar-refractivity contribution is 5.98. The van der Waals surface area contributed by atoms with E-state index in [2.05, 4.69) is 37.2 Å². The van der Waals surface area contributed by atoms with Gasteiger partial charge in [0.1, 0.15) is 24.2 Å². The van der Waals surface area contributed by atoms with Gasteiger partial charge in [-0.2, -0.15) is 0 Å². The standard InChI is InChI=1S/C37H56N8O10/c1-19(2)14-24-32(51)42-25(17-29(49)50)33(52)43-30(21(4)46)35(54)39-20(3)31(36(55)44-37(5,6)7)45-13-9-12-26(45)34(53)40-23-11-8-10-22(15-23)16-27(47)38-18-28(48)41-24/h8,10-11,15,19-21,24-26,30-31,46H,9,12-14,16-18H2,1-7H3,(H,38,47)(H,39,54)(H,40,53)(H,41,48)(H,42,51)(H,43,52)(H,44,55)(H,49,50)/t20-,21+,24+,25-,26-,30-,31-/m0/s1. The van der Waals surface area contributed by atoms with E-state index in [-0.39, 0.29) is 18.8 Å². The number of rotatable bonds is 6. The van der Waals surface area contributed by atoms with E-state index < -0.39 is 108 Å². The average Bonchev–Trinajstić information content (AvgIpc) is 3.53. The number of carbonyl (C=O) groups is 8. The number of benzene rings is 1. The first kappa shape index (κ1) is 44.3. The Balaban J connectivity index is 2.06. The van der Waals surface area contributed by atoms with E-state index in [1.54, 1.807) is 70.7 Å². The predicted molar refractivity (Wildman–Crippen MR) is 200 cm³/mol. The zero-order valence-electron chi connectivity index (χ0n) is 32.5. The molecule has 0 spiro atoms. The minimum Gasteiger partial charge on any atom is -0.481 e. The molecule has 2 bridgehead atoms. The number of nitrogens with one attached hydrogen (secondary N) is 7. The van der Waals surface area contributed by atoms with Crippen LogP contribution in [0, 0.1) is 5.92 Å². The first-order chi connectivity index (χ1) is 25.6. The van der Waals surface area contributed by atoms with Gasteiger partial charge in [0.05, 0.1) is 37.6 Å². The Bertz CT molecular complexity index is 1610. The van der Waals surface area contributed by atoms with Gasteiger partial charge in [-0.1, -0.05) is 26.0 Å². The molecule has 0 saturated carbocycles. The van der Waals surface area contributed by atoms with Crippen LogP contribution in [0.15, 0.2) is 24.3 Å². The lowest BCUT2D eigenvalue weighted by atomic mass is 10.0. The van der Waals surface area contributed by atoms with Crippen molar-refractivity contribution in [2.75, 3.05) is 18.4 Å². The highest BCUT2D eigenvalue weighted by atomic mass is 16.4. The van der Waals surface area contributed by atoms with Gasteiger partial charge in [0.2, 0.25) is 41.4 Å². The van der Waals surface area contributed by atoms with E-state index in [0.717, 1.165) is 0 Å². The maximum absolute atomic E-state index is 13.9. The van der Waals surface area contributed by atoms with Crippen molar-refractivity contribution in [2.24, 2.45) is 5.92 Å². The fourth-order valence-corrected chi connectivity index (χ4v) is 6.58. The molecule has 2 heterocycles. The lowest BCUT2D eigenvalue weighted by molar-refractivity contribution is -0.141. The van der Waals surface area contributed by atoms with Crippen molar-refractivity contribution in [2.45, 2.75) is 128 Å². The van der Waals surface area contributed by atoms with Gasteiger partial charge in [-0.3, -0.25) is 43.3 Å².